The molecule has 0 bridgehead atoms. The molecule has 0 saturated carbocycles. The Hall–Kier alpha value is -0.610. The normalized spacial score (nSPS) is 25.6. The van der Waals surface area contributed by atoms with E-state index in [1.165, 1.54) is 45.6 Å². The summed E-state index contributed by atoms with van der Waals surface area (Å²) < 4.78 is 0. The zero-order valence-corrected chi connectivity index (χ0v) is 10.4. The number of hydrogen-bond acceptors (Lipinski definition) is 2. The van der Waals surface area contributed by atoms with Gasteiger partial charge in [0.05, 0.1) is 13.6 Å². The molecule has 0 aromatic carbocycles. The third-order valence-electron chi connectivity index (χ3n) is 3.47. The summed E-state index contributed by atoms with van der Waals surface area (Å²) in [6, 6.07) is 0. The van der Waals surface area contributed by atoms with E-state index in [1.807, 2.05) is 0 Å². The molecule has 0 spiro atoms. The average Bonchev–Trinajstić information content (AvgIpc) is 2.25. The Kier molecular flexibility index (Phi) is 6.42. The van der Waals surface area contributed by atoms with Crippen molar-refractivity contribution in [2.45, 2.75) is 32.1 Å². The van der Waals surface area contributed by atoms with E-state index in [0.717, 1.165) is 12.8 Å². The second-order valence-electron chi connectivity index (χ2n) is 4.99. The number of carboxylic acid groups (broad SMARTS) is 1. The first-order chi connectivity index (χ1) is 7.68. The van der Waals surface area contributed by atoms with Crippen molar-refractivity contribution < 1.29 is 19.7 Å². The Labute approximate surface area is 98.2 Å². The van der Waals surface area contributed by atoms with Gasteiger partial charge in [-0.25, -0.2) is 0 Å². The standard InChI is InChI=1S/C12H24N2O2/c1-13-8-10-14(11-9-13)7-5-3-2-4-6-12(15)16/h2-11H2,1H3,(H,15,16)/p+1. The van der Waals surface area contributed by atoms with Crippen LogP contribution in [0.2, 0.25) is 0 Å². The summed E-state index contributed by atoms with van der Waals surface area (Å²) in [6.07, 6.45) is 4.45. The lowest BCUT2D eigenvalue weighted by Crippen LogP contribution is -3.27. The summed E-state index contributed by atoms with van der Waals surface area (Å²) in [5.74, 6) is -0.910. The minimum Gasteiger partial charge on any atom is -0.550 e. The van der Waals surface area contributed by atoms with E-state index >= 15 is 0 Å². The van der Waals surface area contributed by atoms with Crippen molar-refractivity contribution in [2.75, 3.05) is 39.8 Å². The number of nitrogens with one attached hydrogen (secondary N) is 2. The van der Waals surface area contributed by atoms with Crippen molar-refractivity contribution in [2.24, 2.45) is 0 Å². The van der Waals surface area contributed by atoms with Crippen LogP contribution < -0.4 is 14.9 Å². The van der Waals surface area contributed by atoms with Gasteiger partial charge < -0.3 is 19.7 Å². The smallest absolute Gasteiger partial charge is 0.127 e. The fraction of sp³-hybridized carbons (Fsp3) is 0.917. The van der Waals surface area contributed by atoms with Gasteiger partial charge in [0.1, 0.15) is 26.2 Å². The topological polar surface area (TPSA) is 49.0 Å². The van der Waals surface area contributed by atoms with Gasteiger partial charge in [-0.05, 0) is 25.7 Å². The molecule has 4 nitrogen and oxygen atoms in total. The molecule has 16 heavy (non-hydrogen) atoms. The molecule has 1 aliphatic heterocycles. The maximum Gasteiger partial charge on any atom is 0.127 e. The summed E-state index contributed by atoms with van der Waals surface area (Å²) in [4.78, 5) is 13.6. The maximum atomic E-state index is 10.2. The Bertz CT molecular complexity index is 201. The van der Waals surface area contributed by atoms with Crippen LogP contribution in [-0.4, -0.2) is 45.7 Å². The van der Waals surface area contributed by atoms with Gasteiger partial charge in [-0.15, -0.1) is 0 Å². The lowest BCUT2D eigenvalue weighted by molar-refractivity contribution is -1.00. The lowest BCUT2D eigenvalue weighted by Gasteiger charge is -2.27. The summed E-state index contributed by atoms with van der Waals surface area (Å²) in [6.45, 7) is 6.44. The molecular weight excluding hydrogens is 204 g/mol. The molecule has 0 aromatic rings. The van der Waals surface area contributed by atoms with Gasteiger partial charge in [0, 0.05) is 5.97 Å². The van der Waals surface area contributed by atoms with Crippen molar-refractivity contribution in [1.29, 1.82) is 0 Å². The number of rotatable bonds is 7. The van der Waals surface area contributed by atoms with Crippen molar-refractivity contribution in [3.63, 3.8) is 0 Å². The Morgan fingerprint density at radius 2 is 1.69 bits per heavy atom. The van der Waals surface area contributed by atoms with Crippen LogP contribution >= 0.6 is 0 Å². The molecule has 94 valence electrons. The quantitative estimate of drug-likeness (QED) is 0.460. The molecule has 1 aliphatic rings. The van der Waals surface area contributed by atoms with E-state index in [-0.39, 0.29) is 6.42 Å². The molecule has 0 aliphatic carbocycles. The first-order valence-corrected chi connectivity index (χ1v) is 6.53. The predicted molar refractivity (Wildman–Crippen MR) is 60.3 cm³/mol. The molecule has 1 heterocycles. The van der Waals surface area contributed by atoms with Gasteiger partial charge in [-0.1, -0.05) is 6.42 Å². The first kappa shape index (κ1) is 13.5. The number of carbonyl (C=O) groups is 1. The van der Waals surface area contributed by atoms with Gasteiger partial charge in [0.25, 0.3) is 0 Å². The van der Waals surface area contributed by atoms with Gasteiger partial charge in [-0.3, -0.25) is 0 Å². The molecule has 0 radical (unpaired) electrons. The summed E-state index contributed by atoms with van der Waals surface area (Å²) in [5.41, 5.74) is 0. The van der Waals surface area contributed by atoms with Gasteiger partial charge >= 0.3 is 0 Å². The largest absolute Gasteiger partial charge is 0.550 e. The maximum absolute atomic E-state index is 10.2. The van der Waals surface area contributed by atoms with Crippen LogP contribution in [0, 0.1) is 0 Å². The fourth-order valence-electron chi connectivity index (χ4n) is 2.28. The number of aliphatic carboxylic acids is 1. The zero-order chi connectivity index (χ0) is 11.8. The number of hydrogen-bond donors (Lipinski definition) is 2. The number of piperazine rings is 1. The first-order valence-electron chi connectivity index (χ1n) is 6.53. The number of likely N-dealkylation sites (N-methyl/N-ethyl adjacent to an activating group) is 1. The van der Waals surface area contributed by atoms with Crippen molar-refractivity contribution >= 4 is 5.97 Å². The summed E-state index contributed by atoms with van der Waals surface area (Å²) in [5, 5.41) is 10.2. The Balaban J connectivity index is 1.89. The highest BCUT2D eigenvalue weighted by molar-refractivity contribution is 5.63. The fourth-order valence-corrected chi connectivity index (χ4v) is 2.28. The number of quaternary nitrogens is 2. The molecule has 0 unspecified atom stereocenters. The molecular formula is C12H25N2O2+. The monoisotopic (exact) mass is 229 g/mol. The molecule has 0 aromatic heterocycles. The van der Waals surface area contributed by atoms with E-state index in [4.69, 9.17) is 0 Å². The number of carbonyl (C=O) groups excluding carboxylic acids is 1. The lowest BCUT2D eigenvalue weighted by atomic mass is 10.1. The van der Waals surface area contributed by atoms with Crippen molar-refractivity contribution in [1.82, 2.24) is 0 Å². The minimum absolute atomic E-state index is 0.227. The summed E-state index contributed by atoms with van der Waals surface area (Å²) in [7, 11) is 2.26. The predicted octanol–water partition coefficient (Wildman–Crippen LogP) is -2.90. The van der Waals surface area contributed by atoms with Crippen LogP contribution in [0.3, 0.4) is 0 Å². The Morgan fingerprint density at radius 3 is 2.31 bits per heavy atom. The molecule has 1 saturated heterocycles. The third kappa shape index (κ3) is 6.08. The van der Waals surface area contributed by atoms with E-state index in [1.54, 1.807) is 9.80 Å². The van der Waals surface area contributed by atoms with Crippen LogP contribution in [-0.2, 0) is 4.79 Å². The van der Waals surface area contributed by atoms with E-state index in [2.05, 4.69) is 7.05 Å². The average molecular weight is 229 g/mol. The highest BCUT2D eigenvalue weighted by Crippen LogP contribution is 2.00. The molecule has 1 fully saturated rings. The molecule has 2 N–H and O–H groups in total. The second kappa shape index (κ2) is 7.63. The zero-order valence-electron chi connectivity index (χ0n) is 10.4. The molecule has 4 heteroatoms. The second-order valence-corrected chi connectivity index (χ2v) is 4.99. The number of carboxylic acids is 1. The highest BCUT2D eigenvalue weighted by atomic mass is 16.4. The molecule has 1 rings (SSSR count). The van der Waals surface area contributed by atoms with Gasteiger partial charge in [0.15, 0.2) is 0 Å². The number of unbranched alkanes of at least 4 members (excludes halogenated alkanes) is 3. The molecule has 0 amide bonds. The van der Waals surface area contributed by atoms with E-state index in [0.29, 0.717) is 0 Å². The minimum atomic E-state index is -0.910. The van der Waals surface area contributed by atoms with Crippen molar-refractivity contribution in [3.05, 3.63) is 0 Å². The highest BCUT2D eigenvalue weighted by Gasteiger charge is 2.18. The van der Waals surface area contributed by atoms with Crippen molar-refractivity contribution in [3.8, 4) is 0 Å². The van der Waals surface area contributed by atoms with Crippen LogP contribution in [0.1, 0.15) is 32.1 Å². The van der Waals surface area contributed by atoms with E-state index < -0.39 is 5.97 Å². The summed E-state index contributed by atoms with van der Waals surface area (Å²) >= 11 is 0. The Morgan fingerprint density at radius 1 is 1.06 bits per heavy atom. The van der Waals surface area contributed by atoms with Crippen LogP contribution in [0.25, 0.3) is 0 Å². The van der Waals surface area contributed by atoms with Crippen LogP contribution in [0.15, 0.2) is 0 Å². The SMILES string of the molecule is C[NH+]1CC[NH+](CCCCCCC(=O)[O-])CC1. The van der Waals surface area contributed by atoms with Crippen LogP contribution in [0.5, 0.6) is 0 Å². The molecule has 0 atom stereocenters. The van der Waals surface area contributed by atoms with Gasteiger partial charge in [-0.2, -0.15) is 0 Å². The third-order valence-corrected chi connectivity index (χ3v) is 3.47. The van der Waals surface area contributed by atoms with Crippen LogP contribution in [0.4, 0.5) is 0 Å². The van der Waals surface area contributed by atoms with Gasteiger partial charge in [0.2, 0.25) is 0 Å². The van der Waals surface area contributed by atoms with E-state index in [9.17, 15) is 9.90 Å².